The number of sulfonamides is 1. The lowest BCUT2D eigenvalue weighted by atomic mass is 9.92. The molecule has 0 saturated carbocycles. The van der Waals surface area contributed by atoms with Gasteiger partial charge in [-0.25, -0.2) is 12.7 Å². The van der Waals surface area contributed by atoms with E-state index in [2.05, 4.69) is 35.9 Å². The molecule has 0 atom stereocenters. The molecular formula is C14H24N4O2S. The summed E-state index contributed by atoms with van der Waals surface area (Å²) in [5.74, 6) is 0.818. The number of rotatable bonds is 2. The van der Waals surface area contributed by atoms with E-state index in [9.17, 15) is 8.42 Å². The van der Waals surface area contributed by atoms with Crippen LogP contribution in [-0.2, 0) is 15.4 Å². The molecule has 0 bridgehead atoms. The van der Waals surface area contributed by atoms with Crippen LogP contribution in [0.1, 0.15) is 32.9 Å². The summed E-state index contributed by atoms with van der Waals surface area (Å²) >= 11 is 0. The van der Waals surface area contributed by atoms with Gasteiger partial charge in [0.15, 0.2) is 5.82 Å². The number of anilines is 1. The summed E-state index contributed by atoms with van der Waals surface area (Å²) < 4.78 is 24.8. The zero-order valence-electron chi connectivity index (χ0n) is 13.2. The number of aromatic nitrogens is 2. The van der Waals surface area contributed by atoms with Crippen molar-refractivity contribution in [1.29, 1.82) is 0 Å². The Kier molecular flexibility index (Phi) is 4.53. The Morgan fingerprint density at radius 1 is 1.05 bits per heavy atom. The number of nitrogens with zero attached hydrogens (tertiary/aromatic N) is 4. The lowest BCUT2D eigenvalue weighted by molar-refractivity contribution is 0.437. The molecule has 6 nitrogen and oxygen atoms in total. The molecular weight excluding hydrogens is 288 g/mol. The molecule has 118 valence electrons. The van der Waals surface area contributed by atoms with Crippen LogP contribution in [0, 0.1) is 0 Å². The lowest BCUT2D eigenvalue weighted by Crippen LogP contribution is -2.34. The van der Waals surface area contributed by atoms with Crippen molar-refractivity contribution in [2.75, 3.05) is 37.3 Å². The quantitative estimate of drug-likeness (QED) is 0.822. The topological polar surface area (TPSA) is 66.4 Å². The van der Waals surface area contributed by atoms with E-state index in [4.69, 9.17) is 0 Å². The molecule has 1 fully saturated rings. The van der Waals surface area contributed by atoms with Gasteiger partial charge in [-0.05, 0) is 18.6 Å². The summed E-state index contributed by atoms with van der Waals surface area (Å²) in [6.45, 7) is 8.84. The highest BCUT2D eigenvalue weighted by molar-refractivity contribution is 7.88. The number of hydrogen-bond donors (Lipinski definition) is 0. The second-order valence-electron chi connectivity index (χ2n) is 6.53. The van der Waals surface area contributed by atoms with Gasteiger partial charge in [-0.1, -0.05) is 20.8 Å². The molecule has 2 rings (SSSR count). The molecule has 1 aliphatic rings. The minimum atomic E-state index is -3.11. The van der Waals surface area contributed by atoms with Gasteiger partial charge in [-0.3, -0.25) is 0 Å². The van der Waals surface area contributed by atoms with E-state index in [1.807, 2.05) is 12.1 Å². The van der Waals surface area contributed by atoms with E-state index in [1.54, 1.807) is 0 Å². The van der Waals surface area contributed by atoms with Crippen LogP contribution >= 0.6 is 0 Å². The molecule has 1 aliphatic heterocycles. The largest absolute Gasteiger partial charge is 0.354 e. The molecule has 0 N–H and O–H groups in total. The molecule has 7 heteroatoms. The summed E-state index contributed by atoms with van der Waals surface area (Å²) in [6.07, 6.45) is 2.07. The van der Waals surface area contributed by atoms with Crippen molar-refractivity contribution in [3.05, 3.63) is 17.8 Å². The van der Waals surface area contributed by atoms with Crippen molar-refractivity contribution in [3.63, 3.8) is 0 Å². The predicted molar refractivity (Wildman–Crippen MR) is 84.0 cm³/mol. The Hall–Kier alpha value is -1.21. The Balaban J connectivity index is 2.09. The molecule has 0 unspecified atom stereocenters. The van der Waals surface area contributed by atoms with Crippen LogP contribution < -0.4 is 4.90 Å². The third-order valence-electron chi connectivity index (χ3n) is 3.67. The average molecular weight is 312 g/mol. The van der Waals surface area contributed by atoms with Crippen molar-refractivity contribution in [1.82, 2.24) is 14.5 Å². The highest BCUT2D eigenvalue weighted by atomic mass is 32.2. The third-order valence-corrected chi connectivity index (χ3v) is 4.97. The van der Waals surface area contributed by atoms with Gasteiger partial charge in [0.05, 0.1) is 11.9 Å². The minimum absolute atomic E-state index is 0.0165. The summed E-state index contributed by atoms with van der Waals surface area (Å²) in [6, 6.07) is 3.98. The first-order chi connectivity index (χ1) is 9.68. The van der Waals surface area contributed by atoms with Gasteiger partial charge in [0.1, 0.15) is 0 Å². The van der Waals surface area contributed by atoms with Crippen LogP contribution in [0.4, 0.5) is 5.82 Å². The summed E-state index contributed by atoms with van der Waals surface area (Å²) in [4.78, 5) is 2.10. The van der Waals surface area contributed by atoms with E-state index in [1.165, 1.54) is 10.6 Å². The van der Waals surface area contributed by atoms with Crippen molar-refractivity contribution in [3.8, 4) is 0 Å². The van der Waals surface area contributed by atoms with Crippen LogP contribution in [0.15, 0.2) is 12.1 Å². The Morgan fingerprint density at radius 3 is 2.29 bits per heavy atom. The SMILES string of the molecule is CC(C)(C)c1ccc(N2CCCN(S(C)(=O)=O)CC2)nn1. The standard InChI is InChI=1S/C14H24N4O2S/c1-14(2,3)12-6-7-13(16-15-12)17-8-5-9-18(11-10-17)21(4,19)20/h6-7H,5,8-11H2,1-4H3. The van der Waals surface area contributed by atoms with E-state index >= 15 is 0 Å². The molecule has 21 heavy (non-hydrogen) atoms. The van der Waals surface area contributed by atoms with Crippen molar-refractivity contribution in [2.24, 2.45) is 0 Å². The monoisotopic (exact) mass is 312 g/mol. The Morgan fingerprint density at radius 2 is 1.76 bits per heavy atom. The summed E-state index contributed by atoms with van der Waals surface area (Å²) in [5.41, 5.74) is 0.941. The summed E-state index contributed by atoms with van der Waals surface area (Å²) in [5, 5.41) is 8.61. The van der Waals surface area contributed by atoms with Crippen LogP contribution in [0.5, 0.6) is 0 Å². The molecule has 0 aromatic carbocycles. The van der Waals surface area contributed by atoms with Crippen molar-refractivity contribution >= 4 is 15.8 Å². The van der Waals surface area contributed by atoms with Crippen LogP contribution in [0.25, 0.3) is 0 Å². The summed E-state index contributed by atoms with van der Waals surface area (Å²) in [7, 11) is -3.11. The van der Waals surface area contributed by atoms with Crippen LogP contribution in [0.2, 0.25) is 0 Å². The number of hydrogen-bond acceptors (Lipinski definition) is 5. The molecule has 1 aromatic heterocycles. The second-order valence-corrected chi connectivity index (χ2v) is 8.51. The molecule has 0 spiro atoms. The first kappa shape index (κ1) is 16.2. The van der Waals surface area contributed by atoms with Gasteiger partial charge in [-0.15, -0.1) is 5.10 Å². The second kappa shape index (κ2) is 5.88. The maximum atomic E-state index is 11.6. The van der Waals surface area contributed by atoms with E-state index < -0.39 is 10.0 Å². The molecule has 0 amide bonds. The third kappa shape index (κ3) is 4.14. The van der Waals surface area contributed by atoms with Crippen LogP contribution in [-0.4, -0.2) is 55.4 Å². The van der Waals surface area contributed by atoms with Crippen molar-refractivity contribution < 1.29 is 8.42 Å². The van der Waals surface area contributed by atoms with Gasteiger partial charge in [0.25, 0.3) is 0 Å². The van der Waals surface area contributed by atoms with Gasteiger partial charge in [-0.2, -0.15) is 5.10 Å². The van der Waals surface area contributed by atoms with Gasteiger partial charge < -0.3 is 4.90 Å². The molecule has 2 heterocycles. The first-order valence-electron chi connectivity index (χ1n) is 7.22. The van der Waals surface area contributed by atoms with Crippen molar-refractivity contribution in [2.45, 2.75) is 32.6 Å². The van der Waals surface area contributed by atoms with Gasteiger partial charge >= 0.3 is 0 Å². The minimum Gasteiger partial charge on any atom is -0.354 e. The van der Waals surface area contributed by atoms with E-state index in [0.29, 0.717) is 19.6 Å². The van der Waals surface area contributed by atoms with Gasteiger partial charge in [0.2, 0.25) is 10.0 Å². The highest BCUT2D eigenvalue weighted by Gasteiger charge is 2.22. The van der Waals surface area contributed by atoms with Gasteiger partial charge in [0, 0.05) is 31.6 Å². The first-order valence-corrected chi connectivity index (χ1v) is 9.07. The zero-order chi connectivity index (χ0) is 15.7. The fourth-order valence-electron chi connectivity index (χ4n) is 2.35. The molecule has 1 saturated heterocycles. The molecule has 0 radical (unpaired) electrons. The maximum Gasteiger partial charge on any atom is 0.211 e. The van der Waals surface area contributed by atoms with E-state index in [-0.39, 0.29) is 5.41 Å². The smallest absolute Gasteiger partial charge is 0.211 e. The predicted octanol–water partition coefficient (Wildman–Crippen LogP) is 1.25. The molecule has 0 aliphatic carbocycles. The van der Waals surface area contributed by atoms with Crippen LogP contribution in [0.3, 0.4) is 0 Å². The zero-order valence-corrected chi connectivity index (χ0v) is 14.0. The Bertz CT molecular complexity index is 578. The normalized spacial score (nSPS) is 18.6. The molecule has 1 aromatic rings. The fraction of sp³-hybridized carbons (Fsp3) is 0.714. The average Bonchev–Trinajstić information content (AvgIpc) is 2.63. The Labute approximate surface area is 127 Å². The maximum absolute atomic E-state index is 11.6. The highest BCUT2D eigenvalue weighted by Crippen LogP contribution is 2.21. The lowest BCUT2D eigenvalue weighted by Gasteiger charge is -2.23. The van der Waals surface area contributed by atoms with E-state index in [0.717, 1.165) is 24.5 Å². The fourth-order valence-corrected chi connectivity index (χ4v) is 3.22.